The molecule has 0 unspecified atom stereocenters. The van der Waals surface area contributed by atoms with Gasteiger partial charge in [-0.15, -0.1) is 0 Å². The van der Waals surface area contributed by atoms with E-state index in [1.54, 1.807) is 0 Å². The van der Waals surface area contributed by atoms with Gasteiger partial charge in [0.15, 0.2) is 0 Å². The van der Waals surface area contributed by atoms with Gasteiger partial charge in [0, 0.05) is 6.42 Å². The van der Waals surface area contributed by atoms with Crippen LogP contribution in [0.1, 0.15) is 20.3 Å². The van der Waals surface area contributed by atoms with E-state index < -0.39 is 0 Å². The Labute approximate surface area is 43.7 Å². The molecule has 0 spiro atoms. The van der Waals surface area contributed by atoms with Crippen LogP contribution in [0.15, 0.2) is 0 Å². The molecule has 0 aliphatic heterocycles. The van der Waals surface area contributed by atoms with Crippen LogP contribution in [0.25, 0.3) is 0 Å². The number of nitrogens with two attached hydrogens (primary N) is 1. The van der Waals surface area contributed by atoms with Crippen LogP contribution in [0.5, 0.6) is 0 Å². The van der Waals surface area contributed by atoms with Crippen LogP contribution in [0.2, 0.25) is 0 Å². The van der Waals surface area contributed by atoms with Gasteiger partial charge in [-0.2, -0.15) is 0 Å². The molecule has 2 N–H and O–H groups in total. The second kappa shape index (κ2) is 2.61. The maximum atomic E-state index is 10.0. The zero-order valence-electron chi connectivity index (χ0n) is 4.69. The van der Waals surface area contributed by atoms with E-state index in [4.69, 9.17) is 5.73 Å². The van der Waals surface area contributed by atoms with E-state index in [1.165, 1.54) is 0 Å². The molecule has 2 heteroatoms. The highest BCUT2D eigenvalue weighted by atomic mass is 16.1. The first-order chi connectivity index (χ1) is 3.13. The Balaban J connectivity index is 3.13. The molecule has 0 bridgehead atoms. The average molecular weight is 100 g/mol. The van der Waals surface area contributed by atoms with Gasteiger partial charge in [-0.05, 0) is 5.92 Å². The van der Waals surface area contributed by atoms with Gasteiger partial charge in [0.25, 0.3) is 0 Å². The van der Waals surface area contributed by atoms with Gasteiger partial charge in [0.05, 0.1) is 0 Å². The van der Waals surface area contributed by atoms with E-state index in [2.05, 4.69) is 0 Å². The SMILES string of the molecule is C[C](C)CC(N)=O. The zero-order valence-corrected chi connectivity index (χ0v) is 4.69. The summed E-state index contributed by atoms with van der Waals surface area (Å²) in [5.41, 5.74) is 4.83. The summed E-state index contributed by atoms with van der Waals surface area (Å²) in [5.74, 6) is 0.813. The molecule has 0 heterocycles. The Bertz CT molecular complexity index is 68.5. The molecule has 0 aliphatic carbocycles. The fourth-order valence-corrected chi connectivity index (χ4v) is 0.348. The van der Waals surface area contributed by atoms with Gasteiger partial charge in [-0.3, -0.25) is 4.79 Å². The molecular weight excluding hydrogens is 90.1 g/mol. The lowest BCUT2D eigenvalue weighted by Crippen LogP contribution is -2.11. The van der Waals surface area contributed by atoms with Crippen LogP contribution in [-0.4, -0.2) is 5.91 Å². The number of amides is 1. The Kier molecular flexibility index (Phi) is 2.41. The van der Waals surface area contributed by atoms with Crippen LogP contribution in [-0.2, 0) is 4.79 Å². The molecule has 0 rings (SSSR count). The van der Waals surface area contributed by atoms with E-state index in [1.807, 2.05) is 13.8 Å². The highest BCUT2D eigenvalue weighted by molar-refractivity contribution is 5.75. The first-order valence-electron chi connectivity index (χ1n) is 2.20. The molecule has 41 valence electrons. The summed E-state index contributed by atoms with van der Waals surface area (Å²) in [6.07, 6.45) is 0.417. The lowest BCUT2D eigenvalue weighted by atomic mass is 10.1. The van der Waals surface area contributed by atoms with E-state index in [-0.39, 0.29) is 5.91 Å². The highest BCUT2D eigenvalue weighted by Crippen LogP contribution is 1.98. The Morgan fingerprint density at radius 2 is 2.00 bits per heavy atom. The molecule has 0 fully saturated rings. The van der Waals surface area contributed by atoms with Crippen molar-refractivity contribution in [2.75, 3.05) is 0 Å². The van der Waals surface area contributed by atoms with E-state index in [0.29, 0.717) is 6.42 Å². The quantitative estimate of drug-likeness (QED) is 0.538. The zero-order chi connectivity index (χ0) is 5.86. The normalized spacial score (nSPS) is 9.57. The number of carbonyl (C=O) groups is 1. The second-order valence-electron chi connectivity index (χ2n) is 1.85. The number of carbonyl (C=O) groups excluding carboxylic acids is 1. The van der Waals surface area contributed by atoms with Crippen molar-refractivity contribution in [2.24, 2.45) is 5.73 Å². The first-order valence-corrected chi connectivity index (χ1v) is 2.20. The van der Waals surface area contributed by atoms with Gasteiger partial charge in [0.2, 0.25) is 5.91 Å². The molecule has 0 aromatic carbocycles. The van der Waals surface area contributed by atoms with Gasteiger partial charge in [0.1, 0.15) is 0 Å². The average Bonchev–Trinajstić information content (AvgIpc) is 1.27. The van der Waals surface area contributed by atoms with Crippen LogP contribution in [0.4, 0.5) is 0 Å². The van der Waals surface area contributed by atoms with Gasteiger partial charge < -0.3 is 5.73 Å². The minimum atomic E-state index is -0.250. The highest BCUT2D eigenvalue weighted by Gasteiger charge is 1.96. The summed E-state index contributed by atoms with van der Waals surface area (Å²) in [7, 11) is 0. The van der Waals surface area contributed by atoms with Gasteiger partial charge >= 0.3 is 0 Å². The van der Waals surface area contributed by atoms with Crippen molar-refractivity contribution >= 4 is 5.91 Å². The molecule has 0 aliphatic rings. The van der Waals surface area contributed by atoms with Gasteiger partial charge in [-0.25, -0.2) is 0 Å². The third kappa shape index (κ3) is 5.47. The van der Waals surface area contributed by atoms with Crippen molar-refractivity contribution < 1.29 is 4.79 Å². The topological polar surface area (TPSA) is 43.1 Å². The molecule has 0 atom stereocenters. The standard InChI is InChI=1S/C5H10NO/c1-4(2)3-5(6)7/h3H2,1-2H3,(H2,6,7). The maximum absolute atomic E-state index is 10.0. The largest absolute Gasteiger partial charge is 0.370 e. The van der Waals surface area contributed by atoms with E-state index in [9.17, 15) is 4.79 Å². The van der Waals surface area contributed by atoms with Crippen LogP contribution in [0, 0.1) is 5.92 Å². The predicted molar refractivity (Wildman–Crippen MR) is 28.4 cm³/mol. The second-order valence-corrected chi connectivity index (χ2v) is 1.85. The number of hydrogen-bond donors (Lipinski definition) is 1. The Hall–Kier alpha value is -0.530. The summed E-state index contributed by atoms with van der Waals surface area (Å²) < 4.78 is 0. The monoisotopic (exact) mass is 100 g/mol. The molecule has 7 heavy (non-hydrogen) atoms. The third-order valence-corrected chi connectivity index (χ3v) is 0.528. The molecule has 0 saturated carbocycles. The maximum Gasteiger partial charge on any atom is 0.217 e. The van der Waals surface area contributed by atoms with Crippen LogP contribution >= 0.6 is 0 Å². The number of rotatable bonds is 2. The van der Waals surface area contributed by atoms with Crippen molar-refractivity contribution in [1.29, 1.82) is 0 Å². The predicted octanol–water partition coefficient (Wildman–Crippen LogP) is 0.476. The number of primary amides is 1. The first kappa shape index (κ1) is 6.47. The van der Waals surface area contributed by atoms with Crippen molar-refractivity contribution in [3.63, 3.8) is 0 Å². The molecule has 2 nitrogen and oxygen atoms in total. The van der Waals surface area contributed by atoms with Gasteiger partial charge in [-0.1, -0.05) is 13.8 Å². The summed E-state index contributed by atoms with van der Waals surface area (Å²) in [6.45, 7) is 3.76. The molecule has 0 saturated heterocycles. The summed E-state index contributed by atoms with van der Waals surface area (Å²) in [4.78, 5) is 10.0. The molecule has 1 amide bonds. The Morgan fingerprint density at radius 1 is 1.57 bits per heavy atom. The summed E-state index contributed by atoms with van der Waals surface area (Å²) >= 11 is 0. The Morgan fingerprint density at radius 3 is 2.00 bits per heavy atom. The van der Waals surface area contributed by atoms with Crippen molar-refractivity contribution in [3.05, 3.63) is 5.92 Å². The lowest BCUT2D eigenvalue weighted by Gasteiger charge is -1.94. The van der Waals surface area contributed by atoms with Crippen molar-refractivity contribution in [2.45, 2.75) is 20.3 Å². The minimum absolute atomic E-state index is 0.250. The fourth-order valence-electron chi connectivity index (χ4n) is 0.348. The fraction of sp³-hybridized carbons (Fsp3) is 0.600. The lowest BCUT2D eigenvalue weighted by molar-refractivity contribution is -0.117. The molecule has 0 aromatic heterocycles. The third-order valence-electron chi connectivity index (χ3n) is 0.528. The number of hydrogen-bond acceptors (Lipinski definition) is 1. The van der Waals surface area contributed by atoms with Crippen LogP contribution < -0.4 is 5.73 Å². The minimum Gasteiger partial charge on any atom is -0.370 e. The smallest absolute Gasteiger partial charge is 0.217 e. The summed E-state index contributed by atoms with van der Waals surface area (Å²) in [6, 6.07) is 0. The van der Waals surface area contributed by atoms with Crippen molar-refractivity contribution in [3.8, 4) is 0 Å². The van der Waals surface area contributed by atoms with Crippen LogP contribution in [0.3, 0.4) is 0 Å². The molecule has 0 aromatic rings. The van der Waals surface area contributed by atoms with E-state index in [0.717, 1.165) is 5.92 Å². The van der Waals surface area contributed by atoms with E-state index >= 15 is 0 Å². The molecule has 1 radical (unpaired) electrons. The van der Waals surface area contributed by atoms with Crippen molar-refractivity contribution in [1.82, 2.24) is 0 Å². The summed E-state index contributed by atoms with van der Waals surface area (Å²) in [5, 5.41) is 0. The molecular formula is C5H10NO.